The molecule has 1 unspecified atom stereocenters. The zero-order valence-corrected chi connectivity index (χ0v) is 16.3. The third-order valence-corrected chi connectivity index (χ3v) is 5.00. The lowest BCUT2D eigenvalue weighted by atomic mass is 10.0. The number of esters is 1. The first-order chi connectivity index (χ1) is 11.6. The fourth-order valence-electron chi connectivity index (χ4n) is 2.08. The monoisotopic (exact) mass is 401 g/mol. The number of thioether (sulfide) groups is 1. The summed E-state index contributed by atoms with van der Waals surface area (Å²) in [6, 6.07) is 7.21. The Labute approximate surface area is 161 Å². The van der Waals surface area contributed by atoms with Crippen molar-refractivity contribution in [3.63, 3.8) is 0 Å². The fourth-order valence-corrected chi connectivity index (χ4v) is 3.14. The van der Waals surface area contributed by atoms with E-state index < -0.39 is 12.0 Å². The summed E-state index contributed by atoms with van der Waals surface area (Å²) in [5, 5.41) is 5.19. The number of nitrogens with zero attached hydrogens (tertiary/aromatic N) is 1. The molecular formula is C16H20ClN3O3S2. The summed E-state index contributed by atoms with van der Waals surface area (Å²) in [4.78, 5) is 29.3. The Morgan fingerprint density at radius 2 is 2.04 bits per heavy atom. The standard InChI is InChI=1S/C16H19N3O3S2.ClH/c1-22-15(20)7-12(10-3-5-11(23-2)6-4-10)19-16(21)13-9-24-14(8-17)18-13;/h3-6,9,12H,7-8,17H2,1-2H3,(H,19,21);1H. The maximum absolute atomic E-state index is 12.4. The number of nitrogens with one attached hydrogen (secondary N) is 1. The Balaban J connectivity index is 0.00000312. The van der Waals surface area contributed by atoms with Gasteiger partial charge in [0.15, 0.2) is 0 Å². The number of hydrogen-bond acceptors (Lipinski definition) is 7. The van der Waals surface area contributed by atoms with Crippen molar-refractivity contribution in [2.24, 2.45) is 5.73 Å². The number of carbonyl (C=O) groups excluding carboxylic acids is 2. The van der Waals surface area contributed by atoms with E-state index in [-0.39, 0.29) is 24.7 Å². The Kier molecular flexibility index (Phi) is 8.91. The van der Waals surface area contributed by atoms with Crippen molar-refractivity contribution in [1.82, 2.24) is 10.3 Å². The lowest BCUT2D eigenvalue weighted by Gasteiger charge is -2.18. The van der Waals surface area contributed by atoms with Crippen molar-refractivity contribution in [3.8, 4) is 0 Å². The van der Waals surface area contributed by atoms with Crippen molar-refractivity contribution >= 4 is 47.4 Å². The van der Waals surface area contributed by atoms with Gasteiger partial charge in [0.05, 0.1) is 19.6 Å². The number of aromatic nitrogens is 1. The molecule has 0 aliphatic heterocycles. The smallest absolute Gasteiger partial charge is 0.307 e. The van der Waals surface area contributed by atoms with Gasteiger partial charge in [-0.15, -0.1) is 35.5 Å². The number of carbonyl (C=O) groups is 2. The van der Waals surface area contributed by atoms with Crippen molar-refractivity contribution < 1.29 is 14.3 Å². The molecule has 1 aromatic carbocycles. The van der Waals surface area contributed by atoms with Gasteiger partial charge in [-0.3, -0.25) is 9.59 Å². The second-order valence-electron chi connectivity index (χ2n) is 4.91. The minimum absolute atomic E-state index is 0. The number of hydrogen-bond donors (Lipinski definition) is 2. The maximum Gasteiger partial charge on any atom is 0.307 e. The van der Waals surface area contributed by atoms with Gasteiger partial charge in [0, 0.05) is 16.8 Å². The van der Waals surface area contributed by atoms with Crippen LogP contribution in [0.4, 0.5) is 0 Å². The molecule has 0 spiro atoms. The second-order valence-corrected chi connectivity index (χ2v) is 6.73. The summed E-state index contributed by atoms with van der Waals surface area (Å²) in [7, 11) is 1.33. The summed E-state index contributed by atoms with van der Waals surface area (Å²) in [5.74, 6) is -0.732. The van der Waals surface area contributed by atoms with Crippen molar-refractivity contribution in [3.05, 3.63) is 45.9 Å². The van der Waals surface area contributed by atoms with Crippen LogP contribution in [0.15, 0.2) is 34.5 Å². The van der Waals surface area contributed by atoms with Gasteiger partial charge >= 0.3 is 5.97 Å². The maximum atomic E-state index is 12.4. The number of rotatable bonds is 7. The van der Waals surface area contributed by atoms with E-state index in [1.165, 1.54) is 18.4 Å². The van der Waals surface area contributed by atoms with Gasteiger partial charge in [-0.05, 0) is 24.0 Å². The van der Waals surface area contributed by atoms with Gasteiger partial charge in [0.2, 0.25) is 0 Å². The molecule has 0 saturated carbocycles. The minimum Gasteiger partial charge on any atom is -0.469 e. The van der Waals surface area contributed by atoms with E-state index in [2.05, 4.69) is 10.3 Å². The molecule has 0 saturated heterocycles. The van der Waals surface area contributed by atoms with Crippen LogP contribution in [0.2, 0.25) is 0 Å². The molecule has 1 heterocycles. The first-order valence-corrected chi connectivity index (χ1v) is 9.34. The SMILES string of the molecule is COC(=O)CC(NC(=O)c1csc(CN)n1)c1ccc(SC)cc1.Cl. The van der Waals surface area contributed by atoms with Gasteiger partial charge in [-0.2, -0.15) is 0 Å². The Hall–Kier alpha value is -1.61. The van der Waals surface area contributed by atoms with Crippen LogP contribution < -0.4 is 11.1 Å². The largest absolute Gasteiger partial charge is 0.469 e. The molecule has 1 atom stereocenters. The summed E-state index contributed by atoms with van der Waals surface area (Å²) in [5.41, 5.74) is 6.66. The van der Waals surface area contributed by atoms with Gasteiger partial charge in [-0.25, -0.2) is 4.98 Å². The molecule has 6 nitrogen and oxygen atoms in total. The normalized spacial score (nSPS) is 11.3. The summed E-state index contributed by atoms with van der Waals surface area (Å²) < 4.78 is 4.73. The lowest BCUT2D eigenvalue weighted by molar-refractivity contribution is -0.141. The number of ether oxygens (including phenoxy) is 1. The van der Waals surface area contributed by atoms with E-state index in [1.54, 1.807) is 17.1 Å². The number of halogens is 1. The molecule has 3 N–H and O–H groups in total. The topological polar surface area (TPSA) is 94.3 Å². The number of benzene rings is 1. The number of amides is 1. The molecule has 2 rings (SSSR count). The van der Waals surface area contributed by atoms with E-state index in [4.69, 9.17) is 10.5 Å². The van der Waals surface area contributed by atoms with E-state index >= 15 is 0 Å². The van der Waals surface area contributed by atoms with Gasteiger partial charge in [-0.1, -0.05) is 12.1 Å². The first kappa shape index (κ1) is 21.4. The summed E-state index contributed by atoms with van der Waals surface area (Å²) in [6.45, 7) is 0.291. The van der Waals surface area contributed by atoms with Crippen LogP contribution in [-0.4, -0.2) is 30.2 Å². The van der Waals surface area contributed by atoms with Gasteiger partial charge in [0.25, 0.3) is 5.91 Å². The van der Waals surface area contributed by atoms with Crippen molar-refractivity contribution in [2.75, 3.05) is 13.4 Å². The van der Waals surface area contributed by atoms with Crippen LogP contribution in [-0.2, 0) is 16.1 Å². The van der Waals surface area contributed by atoms with Crippen molar-refractivity contribution in [2.45, 2.75) is 23.9 Å². The summed E-state index contributed by atoms with van der Waals surface area (Å²) >= 11 is 2.96. The number of thiazole rings is 1. The average Bonchev–Trinajstić information content (AvgIpc) is 3.10. The highest BCUT2D eigenvalue weighted by Crippen LogP contribution is 2.22. The Morgan fingerprint density at radius 3 is 2.56 bits per heavy atom. The highest BCUT2D eigenvalue weighted by Gasteiger charge is 2.21. The van der Waals surface area contributed by atoms with Crippen LogP contribution in [0, 0.1) is 0 Å². The molecule has 25 heavy (non-hydrogen) atoms. The molecule has 2 aromatic rings. The highest BCUT2D eigenvalue weighted by atomic mass is 35.5. The molecule has 1 amide bonds. The van der Waals surface area contributed by atoms with E-state index in [1.807, 2.05) is 30.5 Å². The predicted octanol–water partition coefficient (Wildman–Crippen LogP) is 2.78. The third kappa shape index (κ3) is 6.00. The first-order valence-electron chi connectivity index (χ1n) is 7.23. The quantitative estimate of drug-likeness (QED) is 0.547. The van der Waals surface area contributed by atoms with Crippen molar-refractivity contribution in [1.29, 1.82) is 0 Å². The summed E-state index contributed by atoms with van der Waals surface area (Å²) in [6.07, 6.45) is 2.04. The highest BCUT2D eigenvalue weighted by molar-refractivity contribution is 7.98. The molecule has 9 heteroatoms. The second kappa shape index (κ2) is 10.4. The number of methoxy groups -OCH3 is 1. The Bertz CT molecular complexity index is 707. The van der Waals surface area contributed by atoms with Crippen LogP contribution >= 0.6 is 35.5 Å². The molecule has 1 aromatic heterocycles. The third-order valence-electron chi connectivity index (χ3n) is 3.38. The van der Waals surface area contributed by atoms with Crippen LogP contribution in [0.1, 0.15) is 33.5 Å². The average molecular weight is 402 g/mol. The zero-order valence-electron chi connectivity index (χ0n) is 13.9. The zero-order chi connectivity index (χ0) is 17.5. The van der Waals surface area contributed by atoms with E-state index in [0.717, 1.165) is 10.5 Å². The van der Waals surface area contributed by atoms with Gasteiger partial charge in [0.1, 0.15) is 10.7 Å². The molecule has 0 aliphatic carbocycles. The molecular weight excluding hydrogens is 382 g/mol. The molecule has 0 fully saturated rings. The Morgan fingerprint density at radius 1 is 1.36 bits per heavy atom. The van der Waals surface area contributed by atoms with E-state index in [0.29, 0.717) is 17.2 Å². The molecule has 0 radical (unpaired) electrons. The minimum atomic E-state index is -0.483. The molecule has 0 bridgehead atoms. The molecule has 0 aliphatic rings. The number of nitrogens with two attached hydrogens (primary N) is 1. The molecule has 136 valence electrons. The van der Waals surface area contributed by atoms with Crippen LogP contribution in [0.3, 0.4) is 0 Å². The predicted molar refractivity (Wildman–Crippen MR) is 102 cm³/mol. The van der Waals surface area contributed by atoms with Crippen LogP contribution in [0.5, 0.6) is 0 Å². The van der Waals surface area contributed by atoms with Gasteiger partial charge < -0.3 is 15.8 Å². The lowest BCUT2D eigenvalue weighted by Crippen LogP contribution is -2.30. The van der Waals surface area contributed by atoms with E-state index in [9.17, 15) is 9.59 Å². The fraction of sp³-hybridized carbons (Fsp3) is 0.312. The van der Waals surface area contributed by atoms with Crippen LogP contribution in [0.25, 0.3) is 0 Å².